The Morgan fingerprint density at radius 1 is 1.44 bits per heavy atom. The summed E-state index contributed by atoms with van der Waals surface area (Å²) in [6.07, 6.45) is 1.66. The lowest BCUT2D eigenvalue weighted by molar-refractivity contribution is 0.414. The zero-order valence-corrected chi connectivity index (χ0v) is 11.3. The Hall–Kier alpha value is -1.95. The predicted octanol–water partition coefficient (Wildman–Crippen LogP) is 1.86. The molecule has 0 amide bonds. The van der Waals surface area contributed by atoms with Crippen LogP contribution in [0.2, 0.25) is 0 Å². The van der Waals surface area contributed by atoms with Crippen LogP contribution in [0.3, 0.4) is 0 Å². The second-order valence-corrected chi connectivity index (χ2v) is 4.46. The van der Waals surface area contributed by atoms with Gasteiger partial charge in [0.05, 0.1) is 11.3 Å². The lowest BCUT2D eigenvalue weighted by Gasteiger charge is -2.10. The summed E-state index contributed by atoms with van der Waals surface area (Å²) in [6, 6.07) is 3.67. The minimum Gasteiger partial charge on any atom is -0.420 e. The Balaban J connectivity index is 2.43. The third kappa shape index (κ3) is 2.33. The molecule has 0 aliphatic carbocycles. The molecule has 0 aliphatic heterocycles. The first kappa shape index (κ1) is 12.5. The average Bonchev–Trinajstić information content (AvgIpc) is 2.57. The van der Waals surface area contributed by atoms with Crippen molar-refractivity contribution in [2.24, 2.45) is 12.8 Å². The summed E-state index contributed by atoms with van der Waals surface area (Å²) in [5, 5.41) is 4.20. The lowest BCUT2D eigenvalue weighted by atomic mass is 10.1. The normalized spacial score (nSPS) is 10.4. The summed E-state index contributed by atoms with van der Waals surface area (Å²) in [7, 11) is 1.80. The summed E-state index contributed by atoms with van der Waals surface area (Å²) in [5.74, 6) is 1.01. The molecule has 2 heterocycles. The number of aryl methyl sites for hydroxylation is 3. The fourth-order valence-electron chi connectivity index (χ4n) is 1.69. The predicted molar refractivity (Wildman–Crippen MR) is 72.9 cm³/mol. The van der Waals surface area contributed by atoms with Gasteiger partial charge in [0.1, 0.15) is 4.99 Å². The van der Waals surface area contributed by atoms with E-state index in [2.05, 4.69) is 10.1 Å². The van der Waals surface area contributed by atoms with E-state index in [1.54, 1.807) is 17.9 Å². The van der Waals surface area contributed by atoms with Gasteiger partial charge < -0.3 is 10.5 Å². The minimum absolute atomic E-state index is 0.273. The van der Waals surface area contributed by atoms with E-state index in [9.17, 15) is 0 Å². The van der Waals surface area contributed by atoms with Crippen LogP contribution in [0.15, 0.2) is 18.3 Å². The summed E-state index contributed by atoms with van der Waals surface area (Å²) in [5.41, 5.74) is 8.17. The third-order valence-corrected chi connectivity index (χ3v) is 2.74. The van der Waals surface area contributed by atoms with Gasteiger partial charge in [0, 0.05) is 19.3 Å². The van der Waals surface area contributed by atoms with E-state index in [4.69, 9.17) is 22.7 Å². The topological polar surface area (TPSA) is 66.0 Å². The molecule has 0 spiro atoms. The van der Waals surface area contributed by atoms with Gasteiger partial charge in [-0.05, 0) is 25.5 Å². The number of hydrogen-bond donors (Lipinski definition) is 1. The van der Waals surface area contributed by atoms with Crippen molar-refractivity contribution in [3.63, 3.8) is 0 Å². The first-order chi connectivity index (χ1) is 8.49. The van der Waals surface area contributed by atoms with Crippen molar-refractivity contribution >= 4 is 17.2 Å². The molecule has 5 nitrogen and oxygen atoms in total. The number of rotatable bonds is 3. The Morgan fingerprint density at radius 3 is 2.72 bits per heavy atom. The largest absolute Gasteiger partial charge is 0.420 e. The van der Waals surface area contributed by atoms with Gasteiger partial charge in [-0.1, -0.05) is 12.2 Å². The van der Waals surface area contributed by atoms with Crippen LogP contribution in [0.5, 0.6) is 11.8 Å². The Bertz CT molecular complexity index is 606. The van der Waals surface area contributed by atoms with Crippen molar-refractivity contribution < 1.29 is 4.74 Å². The van der Waals surface area contributed by atoms with Crippen LogP contribution in [0, 0.1) is 13.8 Å². The molecule has 6 heteroatoms. The molecule has 2 aromatic heterocycles. The summed E-state index contributed by atoms with van der Waals surface area (Å²) >= 11 is 5.03. The van der Waals surface area contributed by atoms with Crippen LogP contribution < -0.4 is 10.5 Å². The Morgan fingerprint density at radius 2 is 2.17 bits per heavy atom. The Kier molecular flexibility index (Phi) is 3.29. The molecule has 0 saturated carbocycles. The van der Waals surface area contributed by atoms with E-state index in [1.165, 1.54) is 0 Å². The molecular formula is C12H14N4OS. The molecule has 0 aromatic carbocycles. The number of hydrogen-bond acceptors (Lipinski definition) is 4. The highest BCUT2D eigenvalue weighted by molar-refractivity contribution is 7.80. The maximum Gasteiger partial charge on any atom is 0.231 e. The van der Waals surface area contributed by atoms with Crippen molar-refractivity contribution in [3.05, 3.63) is 35.2 Å². The standard InChI is InChI=1S/C12H14N4OS/c1-7-4-5-14-12(10(7)11(13)18)17-9-6-8(2)15-16(9)3/h4-6H,1-3H3,(H2,13,18). The van der Waals surface area contributed by atoms with Crippen LogP contribution in [0.4, 0.5) is 0 Å². The maximum absolute atomic E-state index is 5.73. The number of nitrogens with two attached hydrogens (primary N) is 1. The van der Waals surface area contributed by atoms with Crippen molar-refractivity contribution in [2.45, 2.75) is 13.8 Å². The SMILES string of the molecule is Cc1cc(Oc2nccc(C)c2C(N)=S)n(C)n1. The van der Waals surface area contributed by atoms with E-state index in [-0.39, 0.29) is 4.99 Å². The van der Waals surface area contributed by atoms with Gasteiger partial charge in [0.25, 0.3) is 0 Å². The molecule has 0 aliphatic rings. The van der Waals surface area contributed by atoms with E-state index in [1.807, 2.05) is 26.0 Å². The number of nitrogens with zero attached hydrogens (tertiary/aromatic N) is 3. The van der Waals surface area contributed by atoms with Crippen LogP contribution in [-0.2, 0) is 7.05 Å². The van der Waals surface area contributed by atoms with Crippen LogP contribution in [0.1, 0.15) is 16.8 Å². The smallest absolute Gasteiger partial charge is 0.231 e. The van der Waals surface area contributed by atoms with Gasteiger partial charge in [-0.25, -0.2) is 9.67 Å². The zero-order valence-electron chi connectivity index (χ0n) is 10.5. The lowest BCUT2D eigenvalue weighted by Crippen LogP contribution is -2.13. The second-order valence-electron chi connectivity index (χ2n) is 4.02. The van der Waals surface area contributed by atoms with Crippen LogP contribution >= 0.6 is 12.2 Å². The number of ether oxygens (including phenoxy) is 1. The molecule has 2 rings (SSSR count). The first-order valence-corrected chi connectivity index (χ1v) is 5.83. The van der Waals surface area contributed by atoms with Gasteiger partial charge in [0.15, 0.2) is 0 Å². The minimum atomic E-state index is 0.273. The van der Waals surface area contributed by atoms with Gasteiger partial charge in [-0.2, -0.15) is 5.10 Å². The molecule has 0 unspecified atom stereocenters. The van der Waals surface area contributed by atoms with Crippen molar-refractivity contribution in [1.82, 2.24) is 14.8 Å². The van der Waals surface area contributed by atoms with E-state index in [0.717, 1.165) is 11.3 Å². The fourth-order valence-corrected chi connectivity index (χ4v) is 1.94. The molecule has 2 N–H and O–H groups in total. The van der Waals surface area contributed by atoms with Gasteiger partial charge in [-0.15, -0.1) is 0 Å². The summed E-state index contributed by atoms with van der Waals surface area (Å²) < 4.78 is 7.37. The molecule has 2 aromatic rings. The number of pyridine rings is 1. The first-order valence-electron chi connectivity index (χ1n) is 5.43. The maximum atomic E-state index is 5.73. The fraction of sp³-hybridized carbons (Fsp3) is 0.250. The third-order valence-electron chi connectivity index (χ3n) is 2.53. The number of aromatic nitrogens is 3. The average molecular weight is 262 g/mol. The molecule has 0 bridgehead atoms. The van der Waals surface area contributed by atoms with E-state index >= 15 is 0 Å². The van der Waals surface area contributed by atoms with E-state index < -0.39 is 0 Å². The molecule has 94 valence electrons. The Labute approximate surface area is 111 Å². The van der Waals surface area contributed by atoms with Gasteiger partial charge >= 0.3 is 0 Å². The molecule has 0 saturated heterocycles. The highest BCUT2D eigenvalue weighted by Gasteiger charge is 2.14. The van der Waals surface area contributed by atoms with Crippen LogP contribution in [-0.4, -0.2) is 19.8 Å². The van der Waals surface area contributed by atoms with Crippen molar-refractivity contribution in [3.8, 4) is 11.8 Å². The van der Waals surface area contributed by atoms with E-state index in [0.29, 0.717) is 17.3 Å². The number of thiocarbonyl (C=S) groups is 1. The van der Waals surface area contributed by atoms with Crippen molar-refractivity contribution in [1.29, 1.82) is 0 Å². The highest BCUT2D eigenvalue weighted by atomic mass is 32.1. The molecule has 18 heavy (non-hydrogen) atoms. The monoisotopic (exact) mass is 262 g/mol. The second kappa shape index (κ2) is 4.73. The quantitative estimate of drug-likeness (QED) is 0.855. The molecule has 0 atom stereocenters. The van der Waals surface area contributed by atoms with Gasteiger partial charge in [-0.3, -0.25) is 0 Å². The molecule has 0 fully saturated rings. The molecule has 0 radical (unpaired) electrons. The van der Waals surface area contributed by atoms with Crippen LogP contribution in [0.25, 0.3) is 0 Å². The summed E-state index contributed by atoms with van der Waals surface area (Å²) in [6.45, 7) is 3.81. The summed E-state index contributed by atoms with van der Waals surface area (Å²) in [4.78, 5) is 4.45. The van der Waals surface area contributed by atoms with Crippen molar-refractivity contribution in [2.75, 3.05) is 0 Å². The highest BCUT2D eigenvalue weighted by Crippen LogP contribution is 2.25. The van der Waals surface area contributed by atoms with Gasteiger partial charge in [0.2, 0.25) is 11.8 Å². The zero-order chi connectivity index (χ0) is 13.3. The molecular weight excluding hydrogens is 248 g/mol.